The van der Waals surface area contributed by atoms with Crippen molar-refractivity contribution in [2.75, 3.05) is 20.0 Å². The predicted molar refractivity (Wildman–Crippen MR) is 79.9 cm³/mol. The van der Waals surface area contributed by atoms with Crippen molar-refractivity contribution in [3.8, 4) is 0 Å². The summed E-state index contributed by atoms with van der Waals surface area (Å²) in [4.78, 5) is 12.0. The van der Waals surface area contributed by atoms with Crippen LogP contribution in [0.5, 0.6) is 0 Å². The third-order valence-electron chi connectivity index (χ3n) is 3.58. The van der Waals surface area contributed by atoms with Crippen LogP contribution in [0.15, 0.2) is 22.8 Å². The number of hydrogen-bond donors (Lipinski definition) is 2. The van der Waals surface area contributed by atoms with Crippen LogP contribution in [0.3, 0.4) is 0 Å². The van der Waals surface area contributed by atoms with Crippen molar-refractivity contribution in [2.24, 2.45) is 0 Å². The summed E-state index contributed by atoms with van der Waals surface area (Å²) >= 11 is 1.88. The van der Waals surface area contributed by atoms with E-state index in [0.717, 1.165) is 12.8 Å². The number of urea groups is 1. The first kappa shape index (κ1) is 15.3. The molecule has 2 N–H and O–H groups in total. The Labute approximate surface area is 123 Å². The SMILES string of the molecule is COC[C@H](NC(=O)N[C@H]1CC[C@@H](SC)C1)c1ccco1. The fourth-order valence-corrected chi connectivity index (χ4v) is 3.32. The molecule has 1 aliphatic rings. The lowest BCUT2D eigenvalue weighted by Gasteiger charge is -2.19. The Morgan fingerprint density at radius 3 is 3.05 bits per heavy atom. The van der Waals surface area contributed by atoms with E-state index in [1.54, 1.807) is 19.4 Å². The maximum atomic E-state index is 12.0. The van der Waals surface area contributed by atoms with Crippen LogP contribution in [0, 0.1) is 0 Å². The molecule has 5 nitrogen and oxygen atoms in total. The number of rotatable bonds is 6. The fraction of sp³-hybridized carbons (Fsp3) is 0.643. The lowest BCUT2D eigenvalue weighted by Crippen LogP contribution is -2.43. The Kier molecular flexibility index (Phi) is 5.79. The summed E-state index contributed by atoms with van der Waals surface area (Å²) in [7, 11) is 1.61. The largest absolute Gasteiger partial charge is 0.467 e. The standard InChI is InChI=1S/C14H22N2O3S/c1-18-9-12(13-4-3-7-19-13)16-14(17)15-10-5-6-11(8-10)20-2/h3-4,7,10-12H,5-6,8-9H2,1-2H3,(H2,15,16,17)/t10-,11+,12-/m0/s1. The normalized spacial score (nSPS) is 23.5. The molecule has 6 heteroatoms. The summed E-state index contributed by atoms with van der Waals surface area (Å²) in [6.07, 6.45) is 6.99. The molecule has 1 aliphatic carbocycles. The van der Waals surface area contributed by atoms with Gasteiger partial charge in [-0.05, 0) is 37.7 Å². The van der Waals surface area contributed by atoms with Gasteiger partial charge in [0.25, 0.3) is 0 Å². The van der Waals surface area contributed by atoms with E-state index in [4.69, 9.17) is 9.15 Å². The number of methoxy groups -OCH3 is 1. The molecule has 20 heavy (non-hydrogen) atoms. The Hall–Kier alpha value is -1.14. The maximum Gasteiger partial charge on any atom is 0.315 e. The number of nitrogens with one attached hydrogen (secondary N) is 2. The number of amides is 2. The molecule has 0 aromatic carbocycles. The molecule has 1 aromatic rings. The van der Waals surface area contributed by atoms with Gasteiger partial charge in [0.1, 0.15) is 11.8 Å². The van der Waals surface area contributed by atoms with Crippen molar-refractivity contribution < 1.29 is 13.9 Å². The highest BCUT2D eigenvalue weighted by Gasteiger charge is 2.26. The van der Waals surface area contributed by atoms with Crippen molar-refractivity contribution in [1.82, 2.24) is 10.6 Å². The van der Waals surface area contributed by atoms with E-state index in [9.17, 15) is 4.79 Å². The lowest BCUT2D eigenvalue weighted by molar-refractivity contribution is 0.156. The third-order valence-corrected chi connectivity index (χ3v) is 4.67. The number of carbonyl (C=O) groups excluding carboxylic acids is 1. The molecular weight excluding hydrogens is 276 g/mol. The van der Waals surface area contributed by atoms with Crippen molar-refractivity contribution in [2.45, 2.75) is 36.6 Å². The number of thioether (sulfide) groups is 1. The van der Waals surface area contributed by atoms with Gasteiger partial charge in [-0.3, -0.25) is 0 Å². The van der Waals surface area contributed by atoms with E-state index in [1.807, 2.05) is 17.8 Å². The van der Waals surface area contributed by atoms with Gasteiger partial charge in [-0.15, -0.1) is 0 Å². The van der Waals surface area contributed by atoms with E-state index in [2.05, 4.69) is 16.9 Å². The number of carbonyl (C=O) groups is 1. The van der Waals surface area contributed by atoms with Gasteiger partial charge in [0.05, 0.1) is 12.9 Å². The lowest BCUT2D eigenvalue weighted by atomic mass is 10.2. The molecule has 1 saturated carbocycles. The molecule has 1 aromatic heterocycles. The molecule has 0 saturated heterocycles. The second kappa shape index (κ2) is 7.59. The summed E-state index contributed by atoms with van der Waals surface area (Å²) < 4.78 is 10.5. The summed E-state index contributed by atoms with van der Waals surface area (Å²) in [5, 5.41) is 6.60. The third kappa shape index (κ3) is 4.18. The van der Waals surface area contributed by atoms with Gasteiger partial charge in [-0.25, -0.2) is 4.79 Å². The van der Waals surface area contributed by atoms with Crippen LogP contribution >= 0.6 is 11.8 Å². The average molecular weight is 298 g/mol. The van der Waals surface area contributed by atoms with Gasteiger partial charge >= 0.3 is 6.03 Å². The Morgan fingerprint density at radius 1 is 1.60 bits per heavy atom. The molecule has 0 radical (unpaired) electrons. The van der Waals surface area contributed by atoms with Crippen molar-refractivity contribution >= 4 is 17.8 Å². The summed E-state index contributed by atoms with van der Waals surface area (Å²) in [5.41, 5.74) is 0. The number of hydrogen-bond acceptors (Lipinski definition) is 4. The molecule has 2 amide bonds. The molecular formula is C14H22N2O3S. The van der Waals surface area contributed by atoms with Crippen LogP contribution in [0.25, 0.3) is 0 Å². The first-order chi connectivity index (χ1) is 9.72. The van der Waals surface area contributed by atoms with Crippen LogP contribution in [0.4, 0.5) is 4.79 Å². The van der Waals surface area contributed by atoms with Gasteiger partial charge in [-0.1, -0.05) is 0 Å². The minimum atomic E-state index is -0.257. The smallest absolute Gasteiger partial charge is 0.315 e. The van der Waals surface area contributed by atoms with Gasteiger partial charge < -0.3 is 19.8 Å². The van der Waals surface area contributed by atoms with E-state index < -0.39 is 0 Å². The van der Waals surface area contributed by atoms with Gasteiger partial charge in [0.2, 0.25) is 0 Å². The number of furan rings is 1. The van der Waals surface area contributed by atoms with Gasteiger partial charge in [0, 0.05) is 18.4 Å². The monoisotopic (exact) mass is 298 g/mol. The zero-order valence-electron chi connectivity index (χ0n) is 11.9. The molecule has 2 rings (SSSR count). The highest BCUT2D eigenvalue weighted by Crippen LogP contribution is 2.28. The minimum Gasteiger partial charge on any atom is -0.467 e. The topological polar surface area (TPSA) is 63.5 Å². The van der Waals surface area contributed by atoms with E-state index >= 15 is 0 Å². The zero-order chi connectivity index (χ0) is 14.4. The van der Waals surface area contributed by atoms with Crippen molar-refractivity contribution in [3.63, 3.8) is 0 Å². The van der Waals surface area contributed by atoms with E-state index in [1.165, 1.54) is 6.42 Å². The van der Waals surface area contributed by atoms with Gasteiger partial charge in [-0.2, -0.15) is 11.8 Å². The molecule has 0 bridgehead atoms. The van der Waals surface area contributed by atoms with Crippen molar-refractivity contribution in [1.29, 1.82) is 0 Å². The summed E-state index contributed by atoms with van der Waals surface area (Å²) in [5.74, 6) is 0.704. The zero-order valence-corrected chi connectivity index (χ0v) is 12.7. The predicted octanol–water partition coefficient (Wildman–Crippen LogP) is 2.55. The van der Waals surface area contributed by atoms with Crippen LogP contribution in [-0.2, 0) is 4.74 Å². The molecule has 3 atom stereocenters. The molecule has 0 aliphatic heterocycles. The van der Waals surface area contributed by atoms with E-state index in [0.29, 0.717) is 17.6 Å². The van der Waals surface area contributed by atoms with Crippen LogP contribution in [0.1, 0.15) is 31.1 Å². The number of ether oxygens (including phenoxy) is 1. The Morgan fingerprint density at radius 2 is 2.45 bits per heavy atom. The van der Waals surface area contributed by atoms with E-state index in [-0.39, 0.29) is 18.1 Å². The first-order valence-corrected chi connectivity index (χ1v) is 8.14. The van der Waals surface area contributed by atoms with Crippen LogP contribution in [-0.4, -0.2) is 37.3 Å². The molecule has 1 heterocycles. The maximum absolute atomic E-state index is 12.0. The van der Waals surface area contributed by atoms with Crippen LogP contribution < -0.4 is 10.6 Å². The minimum absolute atomic E-state index is 0.157. The second-order valence-electron chi connectivity index (χ2n) is 5.01. The molecule has 1 fully saturated rings. The fourth-order valence-electron chi connectivity index (χ4n) is 2.52. The quantitative estimate of drug-likeness (QED) is 0.847. The summed E-state index contributed by atoms with van der Waals surface area (Å²) in [6, 6.07) is 3.50. The summed E-state index contributed by atoms with van der Waals surface area (Å²) in [6.45, 7) is 0.388. The Balaban J connectivity index is 1.83. The van der Waals surface area contributed by atoms with Gasteiger partial charge in [0.15, 0.2) is 0 Å². The van der Waals surface area contributed by atoms with Crippen LogP contribution in [0.2, 0.25) is 0 Å². The van der Waals surface area contributed by atoms with Crippen molar-refractivity contribution in [3.05, 3.63) is 24.2 Å². The average Bonchev–Trinajstić information content (AvgIpc) is 3.09. The first-order valence-electron chi connectivity index (χ1n) is 6.85. The highest BCUT2D eigenvalue weighted by atomic mass is 32.2. The molecule has 0 spiro atoms. The molecule has 0 unspecified atom stereocenters. The highest BCUT2D eigenvalue weighted by molar-refractivity contribution is 7.99. The Bertz CT molecular complexity index is 411. The second-order valence-corrected chi connectivity index (χ2v) is 6.15. The molecule has 112 valence electrons.